The maximum Gasteiger partial charge on any atom is 0.416 e. The molecule has 2 aromatic carbocycles. The average Bonchev–Trinajstić information content (AvgIpc) is 2.40. The molecule has 0 heterocycles. The van der Waals surface area contributed by atoms with Gasteiger partial charge in [0.15, 0.2) is 5.78 Å². The van der Waals surface area contributed by atoms with E-state index in [4.69, 9.17) is 0 Å². The van der Waals surface area contributed by atoms with Crippen LogP contribution in [-0.4, -0.2) is 5.78 Å². The normalized spacial score (nSPS) is 11.4. The van der Waals surface area contributed by atoms with Crippen molar-refractivity contribution >= 4 is 21.7 Å². The monoisotopic (exact) mass is 346 g/mol. The molecule has 0 unspecified atom stereocenters. The number of hydrogen-bond donors (Lipinski definition) is 0. The zero-order valence-corrected chi connectivity index (χ0v) is 11.4. The second kappa shape index (κ2) is 5.36. The summed E-state index contributed by atoms with van der Waals surface area (Å²) in [6.45, 7) is 0. The second-order valence-electron chi connectivity index (χ2n) is 4.01. The number of halogens is 5. The number of carbonyl (C=O) groups excluding carboxylic acids is 1. The third-order valence-electron chi connectivity index (χ3n) is 2.64. The zero-order valence-electron chi connectivity index (χ0n) is 9.84. The lowest BCUT2D eigenvalue weighted by Gasteiger charge is -2.11. The maximum atomic E-state index is 13.5. The van der Waals surface area contributed by atoms with Gasteiger partial charge in [-0.25, -0.2) is 4.39 Å². The van der Waals surface area contributed by atoms with Crippen molar-refractivity contribution in [3.63, 3.8) is 0 Å². The van der Waals surface area contributed by atoms with Gasteiger partial charge in [-0.1, -0.05) is 30.3 Å². The van der Waals surface area contributed by atoms with Crippen LogP contribution in [0.25, 0.3) is 0 Å². The molecule has 0 aliphatic heterocycles. The van der Waals surface area contributed by atoms with Gasteiger partial charge >= 0.3 is 6.18 Å². The molecule has 0 amide bonds. The van der Waals surface area contributed by atoms with E-state index in [0.29, 0.717) is 12.1 Å². The fourth-order valence-electron chi connectivity index (χ4n) is 1.66. The van der Waals surface area contributed by atoms with Crippen molar-refractivity contribution in [1.82, 2.24) is 0 Å². The van der Waals surface area contributed by atoms with E-state index in [1.165, 1.54) is 12.1 Å². The van der Waals surface area contributed by atoms with Crippen LogP contribution in [0.4, 0.5) is 17.6 Å². The first-order chi connectivity index (χ1) is 9.30. The van der Waals surface area contributed by atoms with Gasteiger partial charge in [-0.3, -0.25) is 4.79 Å². The third kappa shape index (κ3) is 2.90. The minimum atomic E-state index is -4.72. The fourth-order valence-corrected chi connectivity index (χ4v) is 2.07. The summed E-state index contributed by atoms with van der Waals surface area (Å²) in [6, 6.07) is 8.71. The Morgan fingerprint density at radius 2 is 1.65 bits per heavy atom. The Bertz CT molecular complexity index is 650. The number of ketones is 1. The van der Waals surface area contributed by atoms with Crippen LogP contribution in [0, 0.1) is 5.82 Å². The molecule has 0 radical (unpaired) electrons. The second-order valence-corrected chi connectivity index (χ2v) is 4.81. The highest BCUT2D eigenvalue weighted by molar-refractivity contribution is 9.10. The van der Waals surface area contributed by atoms with E-state index in [9.17, 15) is 22.4 Å². The maximum absolute atomic E-state index is 13.5. The molecule has 1 nitrogen and oxygen atoms in total. The summed E-state index contributed by atoms with van der Waals surface area (Å²) in [5, 5.41) is 0. The first kappa shape index (κ1) is 14.7. The van der Waals surface area contributed by atoms with Gasteiger partial charge in [-0.05, 0) is 28.1 Å². The third-order valence-corrected chi connectivity index (χ3v) is 3.44. The van der Waals surface area contributed by atoms with Crippen LogP contribution in [0.5, 0.6) is 0 Å². The van der Waals surface area contributed by atoms with Crippen molar-refractivity contribution in [1.29, 1.82) is 0 Å². The molecule has 0 atom stereocenters. The molecule has 0 spiro atoms. The highest BCUT2D eigenvalue weighted by atomic mass is 79.9. The lowest BCUT2D eigenvalue weighted by atomic mass is 10.0. The van der Waals surface area contributed by atoms with Gasteiger partial charge in [0.2, 0.25) is 0 Å². The van der Waals surface area contributed by atoms with Gasteiger partial charge in [-0.2, -0.15) is 13.2 Å². The summed E-state index contributed by atoms with van der Waals surface area (Å²) >= 11 is 2.82. The molecule has 0 saturated heterocycles. The molecule has 2 aromatic rings. The van der Waals surface area contributed by atoms with Crippen LogP contribution >= 0.6 is 15.9 Å². The fraction of sp³-hybridized carbons (Fsp3) is 0.0714. The number of hydrogen-bond acceptors (Lipinski definition) is 1. The lowest BCUT2D eigenvalue weighted by molar-refractivity contribution is -0.137. The van der Waals surface area contributed by atoms with Gasteiger partial charge in [-0.15, -0.1) is 0 Å². The molecule has 0 bridgehead atoms. The van der Waals surface area contributed by atoms with E-state index >= 15 is 0 Å². The molecule has 6 heteroatoms. The summed E-state index contributed by atoms with van der Waals surface area (Å²) in [5.74, 6) is -1.80. The van der Waals surface area contributed by atoms with E-state index in [-0.39, 0.29) is 15.6 Å². The number of alkyl halides is 3. The quantitative estimate of drug-likeness (QED) is 0.561. The van der Waals surface area contributed by atoms with Crippen LogP contribution in [0.3, 0.4) is 0 Å². The molecule has 0 N–H and O–H groups in total. The molecule has 20 heavy (non-hydrogen) atoms. The van der Waals surface area contributed by atoms with Crippen LogP contribution in [0.15, 0.2) is 46.9 Å². The summed E-state index contributed by atoms with van der Waals surface area (Å²) < 4.78 is 51.2. The van der Waals surface area contributed by atoms with Gasteiger partial charge in [0.1, 0.15) is 5.82 Å². The van der Waals surface area contributed by atoms with Crippen molar-refractivity contribution in [3.05, 3.63) is 69.4 Å². The molecule has 104 valence electrons. The number of benzene rings is 2. The van der Waals surface area contributed by atoms with Crippen molar-refractivity contribution < 1.29 is 22.4 Å². The van der Waals surface area contributed by atoms with Gasteiger partial charge in [0.05, 0.1) is 10.0 Å². The van der Waals surface area contributed by atoms with Crippen molar-refractivity contribution in [2.75, 3.05) is 0 Å². The predicted molar refractivity (Wildman–Crippen MR) is 69.0 cm³/mol. The van der Waals surface area contributed by atoms with Crippen LogP contribution in [0.1, 0.15) is 21.5 Å². The number of rotatable bonds is 2. The molecular weight excluding hydrogens is 340 g/mol. The Morgan fingerprint density at radius 3 is 2.20 bits per heavy atom. The van der Waals surface area contributed by atoms with E-state index < -0.39 is 23.3 Å². The molecule has 0 aliphatic carbocycles. The molecular formula is C14H7BrF4O. The summed E-state index contributed by atoms with van der Waals surface area (Å²) in [4.78, 5) is 12.1. The van der Waals surface area contributed by atoms with E-state index in [1.54, 1.807) is 18.2 Å². The Balaban J connectivity index is 2.57. The highest BCUT2D eigenvalue weighted by Gasteiger charge is 2.33. The minimum Gasteiger partial charge on any atom is -0.289 e. The van der Waals surface area contributed by atoms with Crippen LogP contribution < -0.4 is 0 Å². The molecule has 2 rings (SSSR count). The topological polar surface area (TPSA) is 17.1 Å². The lowest BCUT2D eigenvalue weighted by Crippen LogP contribution is -2.10. The summed E-state index contributed by atoms with van der Waals surface area (Å²) in [7, 11) is 0. The van der Waals surface area contributed by atoms with Crippen molar-refractivity contribution in [3.8, 4) is 0 Å². The molecule has 0 aromatic heterocycles. The largest absolute Gasteiger partial charge is 0.416 e. The first-order valence-electron chi connectivity index (χ1n) is 5.46. The highest BCUT2D eigenvalue weighted by Crippen LogP contribution is 2.34. The Kier molecular flexibility index (Phi) is 3.94. The Morgan fingerprint density at radius 1 is 1.05 bits per heavy atom. The van der Waals surface area contributed by atoms with Crippen LogP contribution in [-0.2, 0) is 6.18 Å². The smallest absolute Gasteiger partial charge is 0.289 e. The minimum absolute atomic E-state index is 0.187. The van der Waals surface area contributed by atoms with Gasteiger partial charge < -0.3 is 0 Å². The molecule has 0 aliphatic rings. The van der Waals surface area contributed by atoms with Crippen molar-refractivity contribution in [2.45, 2.75) is 6.18 Å². The molecule has 0 fully saturated rings. The molecule has 0 saturated carbocycles. The standard InChI is InChI=1S/C14H7BrF4O/c15-12-10(13(20)8-4-2-1-3-5-8)6-9(7-11(12)16)14(17,18)19/h1-7H. The summed E-state index contributed by atoms with van der Waals surface area (Å²) in [5.41, 5.74) is -1.37. The Hall–Kier alpha value is -1.69. The van der Waals surface area contributed by atoms with Gasteiger partial charge in [0.25, 0.3) is 0 Å². The first-order valence-corrected chi connectivity index (χ1v) is 6.26. The zero-order chi connectivity index (χ0) is 14.9. The van der Waals surface area contributed by atoms with Crippen molar-refractivity contribution in [2.24, 2.45) is 0 Å². The Labute approximate surface area is 120 Å². The number of carbonyl (C=O) groups is 1. The van der Waals surface area contributed by atoms with E-state index in [1.807, 2.05) is 0 Å². The SMILES string of the molecule is O=C(c1ccccc1)c1cc(C(F)(F)F)cc(F)c1Br. The van der Waals surface area contributed by atoms with Crippen LogP contribution in [0.2, 0.25) is 0 Å². The summed E-state index contributed by atoms with van der Waals surface area (Å²) in [6.07, 6.45) is -4.72. The van der Waals surface area contributed by atoms with E-state index in [0.717, 1.165) is 0 Å². The van der Waals surface area contributed by atoms with Gasteiger partial charge in [0, 0.05) is 11.1 Å². The predicted octanol–water partition coefficient (Wildman–Crippen LogP) is 4.84. The average molecular weight is 347 g/mol. The van der Waals surface area contributed by atoms with E-state index in [2.05, 4.69) is 15.9 Å².